The Bertz CT molecular complexity index is 1080. The Hall–Kier alpha value is -3.39. The van der Waals surface area contributed by atoms with E-state index in [9.17, 15) is 9.59 Å². The molecule has 0 saturated heterocycles. The van der Waals surface area contributed by atoms with E-state index in [0.717, 1.165) is 16.7 Å². The number of amides is 1. The lowest BCUT2D eigenvalue weighted by Crippen LogP contribution is -2.21. The third-order valence-corrected chi connectivity index (χ3v) is 5.13. The van der Waals surface area contributed by atoms with Crippen LogP contribution in [0, 0.1) is 13.8 Å². The largest absolute Gasteiger partial charge is 0.493 e. The smallest absolute Gasteiger partial charge is 0.338 e. The van der Waals surface area contributed by atoms with Gasteiger partial charge in [-0.15, -0.1) is 11.3 Å². The molecular formula is C22H22N2O5S. The van der Waals surface area contributed by atoms with Crippen LogP contribution < -0.4 is 14.8 Å². The number of carbonyl (C=O) groups is 2. The van der Waals surface area contributed by atoms with E-state index in [4.69, 9.17) is 14.2 Å². The molecular weight excluding hydrogens is 404 g/mol. The Balaban J connectivity index is 1.61. The standard InChI is InChI=1S/C22H22N2O5S/c1-13-5-6-14(2)16(9-13)21(26)29-11-20(25)24-22-23-17(12-30-22)15-7-8-18(27-3)19(10-15)28-4/h5-10,12H,11H2,1-4H3,(H,23,24,25). The third kappa shape index (κ3) is 4.96. The highest BCUT2D eigenvalue weighted by Crippen LogP contribution is 2.33. The Morgan fingerprint density at radius 1 is 1.03 bits per heavy atom. The lowest BCUT2D eigenvalue weighted by Gasteiger charge is -2.08. The molecule has 0 spiro atoms. The van der Waals surface area contributed by atoms with E-state index < -0.39 is 18.5 Å². The number of benzene rings is 2. The molecule has 0 saturated carbocycles. The van der Waals surface area contributed by atoms with Crippen LogP contribution in [0.3, 0.4) is 0 Å². The summed E-state index contributed by atoms with van der Waals surface area (Å²) >= 11 is 1.28. The Morgan fingerprint density at radius 2 is 1.80 bits per heavy atom. The topological polar surface area (TPSA) is 86.8 Å². The number of methoxy groups -OCH3 is 2. The predicted molar refractivity (Wildman–Crippen MR) is 115 cm³/mol. The molecule has 1 N–H and O–H groups in total. The molecule has 0 bridgehead atoms. The maximum absolute atomic E-state index is 12.2. The summed E-state index contributed by atoms with van der Waals surface area (Å²) in [5, 5.41) is 4.88. The number of ether oxygens (including phenoxy) is 3. The molecule has 1 amide bonds. The molecule has 156 valence electrons. The summed E-state index contributed by atoms with van der Waals surface area (Å²) < 4.78 is 15.7. The molecule has 0 aliphatic rings. The van der Waals surface area contributed by atoms with Crippen molar-refractivity contribution >= 4 is 28.3 Å². The highest BCUT2D eigenvalue weighted by atomic mass is 32.1. The molecule has 1 aromatic heterocycles. The first-order valence-corrected chi connectivity index (χ1v) is 10.0. The van der Waals surface area contributed by atoms with E-state index in [0.29, 0.717) is 27.9 Å². The normalized spacial score (nSPS) is 10.4. The lowest BCUT2D eigenvalue weighted by atomic mass is 10.1. The quantitative estimate of drug-likeness (QED) is 0.569. The van der Waals surface area contributed by atoms with E-state index in [1.807, 2.05) is 43.5 Å². The van der Waals surface area contributed by atoms with Crippen molar-refractivity contribution in [3.8, 4) is 22.8 Å². The molecule has 3 rings (SSSR count). The number of aromatic nitrogens is 1. The number of carbonyl (C=O) groups excluding carboxylic acids is 2. The van der Waals surface area contributed by atoms with Crippen LogP contribution in [0.2, 0.25) is 0 Å². The first-order chi connectivity index (χ1) is 14.4. The Labute approximate surface area is 178 Å². The third-order valence-electron chi connectivity index (χ3n) is 4.38. The van der Waals surface area contributed by atoms with Gasteiger partial charge in [0.25, 0.3) is 5.91 Å². The van der Waals surface area contributed by atoms with Gasteiger partial charge in [-0.05, 0) is 43.7 Å². The fourth-order valence-corrected chi connectivity index (χ4v) is 3.52. The maximum Gasteiger partial charge on any atom is 0.338 e. The van der Waals surface area contributed by atoms with Crippen LogP contribution in [-0.4, -0.2) is 37.7 Å². The molecule has 3 aromatic rings. The van der Waals surface area contributed by atoms with Gasteiger partial charge in [-0.2, -0.15) is 0 Å². The number of aryl methyl sites for hydroxylation is 2. The zero-order chi connectivity index (χ0) is 21.7. The summed E-state index contributed by atoms with van der Waals surface area (Å²) in [5.41, 5.74) is 3.70. The summed E-state index contributed by atoms with van der Waals surface area (Å²) in [5.74, 6) is 0.223. The summed E-state index contributed by atoms with van der Waals surface area (Å²) in [7, 11) is 3.13. The van der Waals surface area contributed by atoms with E-state index in [2.05, 4.69) is 10.3 Å². The second-order valence-electron chi connectivity index (χ2n) is 6.55. The average Bonchev–Trinajstić information content (AvgIpc) is 3.21. The van der Waals surface area contributed by atoms with Crippen molar-refractivity contribution in [2.75, 3.05) is 26.1 Å². The van der Waals surface area contributed by atoms with Crippen LogP contribution in [0.5, 0.6) is 11.5 Å². The number of hydrogen-bond acceptors (Lipinski definition) is 7. The molecule has 0 fully saturated rings. The second kappa shape index (κ2) is 9.41. The molecule has 0 aliphatic carbocycles. The maximum atomic E-state index is 12.2. The van der Waals surface area contributed by atoms with Crippen LogP contribution in [0.25, 0.3) is 11.3 Å². The molecule has 30 heavy (non-hydrogen) atoms. The van der Waals surface area contributed by atoms with Gasteiger partial charge in [0.2, 0.25) is 0 Å². The SMILES string of the molecule is COc1ccc(-c2csc(NC(=O)COC(=O)c3cc(C)ccc3C)n2)cc1OC. The number of thiazole rings is 1. The van der Waals surface area contributed by atoms with Crippen molar-refractivity contribution in [2.24, 2.45) is 0 Å². The van der Waals surface area contributed by atoms with Gasteiger partial charge in [-0.3, -0.25) is 10.1 Å². The zero-order valence-electron chi connectivity index (χ0n) is 17.1. The molecule has 0 radical (unpaired) electrons. The van der Waals surface area contributed by atoms with Gasteiger partial charge in [0.15, 0.2) is 23.2 Å². The summed E-state index contributed by atoms with van der Waals surface area (Å²) in [6, 6.07) is 11.0. The molecule has 2 aromatic carbocycles. The van der Waals surface area contributed by atoms with E-state index in [1.165, 1.54) is 11.3 Å². The van der Waals surface area contributed by atoms with Crippen LogP contribution in [0.4, 0.5) is 5.13 Å². The van der Waals surface area contributed by atoms with Crippen molar-refractivity contribution in [1.29, 1.82) is 0 Å². The molecule has 7 nitrogen and oxygen atoms in total. The van der Waals surface area contributed by atoms with Gasteiger partial charge in [0.1, 0.15) is 0 Å². The number of hydrogen-bond donors (Lipinski definition) is 1. The summed E-state index contributed by atoms with van der Waals surface area (Å²) in [6.45, 7) is 3.32. The zero-order valence-corrected chi connectivity index (χ0v) is 18.0. The monoisotopic (exact) mass is 426 g/mol. The predicted octanol–water partition coefficient (Wildman–Crippen LogP) is 4.24. The van der Waals surface area contributed by atoms with Gasteiger partial charge in [-0.1, -0.05) is 17.7 Å². The minimum atomic E-state index is -0.531. The highest BCUT2D eigenvalue weighted by Gasteiger charge is 2.15. The lowest BCUT2D eigenvalue weighted by molar-refractivity contribution is -0.119. The van der Waals surface area contributed by atoms with E-state index in [-0.39, 0.29) is 0 Å². The fourth-order valence-electron chi connectivity index (χ4n) is 2.78. The van der Waals surface area contributed by atoms with Crippen LogP contribution in [0.15, 0.2) is 41.8 Å². The number of rotatable bonds is 7. The summed E-state index contributed by atoms with van der Waals surface area (Å²) in [6.07, 6.45) is 0. The van der Waals surface area contributed by atoms with Crippen LogP contribution in [-0.2, 0) is 9.53 Å². The molecule has 0 atom stereocenters. The number of nitrogens with zero attached hydrogens (tertiary/aromatic N) is 1. The van der Waals surface area contributed by atoms with Gasteiger partial charge in [0, 0.05) is 10.9 Å². The van der Waals surface area contributed by atoms with Crippen molar-refractivity contribution in [1.82, 2.24) is 4.98 Å². The van der Waals surface area contributed by atoms with E-state index >= 15 is 0 Å². The fraction of sp³-hybridized carbons (Fsp3) is 0.227. The van der Waals surface area contributed by atoms with Crippen LogP contribution in [0.1, 0.15) is 21.5 Å². The minimum Gasteiger partial charge on any atom is -0.493 e. The molecule has 8 heteroatoms. The van der Waals surface area contributed by atoms with Gasteiger partial charge < -0.3 is 14.2 Å². The van der Waals surface area contributed by atoms with E-state index in [1.54, 1.807) is 26.4 Å². The number of esters is 1. The Kier molecular flexibility index (Phi) is 6.68. The molecule has 1 heterocycles. The van der Waals surface area contributed by atoms with Gasteiger partial charge in [0.05, 0.1) is 25.5 Å². The summed E-state index contributed by atoms with van der Waals surface area (Å²) in [4.78, 5) is 28.8. The number of nitrogens with one attached hydrogen (secondary N) is 1. The van der Waals surface area contributed by atoms with Gasteiger partial charge in [-0.25, -0.2) is 9.78 Å². The first-order valence-electron chi connectivity index (χ1n) is 9.13. The Morgan fingerprint density at radius 3 is 2.53 bits per heavy atom. The van der Waals surface area contributed by atoms with Crippen LogP contribution >= 0.6 is 11.3 Å². The van der Waals surface area contributed by atoms with Crippen molar-refractivity contribution in [2.45, 2.75) is 13.8 Å². The number of anilines is 1. The highest BCUT2D eigenvalue weighted by molar-refractivity contribution is 7.14. The first kappa shape index (κ1) is 21.3. The second-order valence-corrected chi connectivity index (χ2v) is 7.41. The molecule has 0 aliphatic heterocycles. The molecule has 0 unspecified atom stereocenters. The van der Waals surface area contributed by atoms with Crippen molar-refractivity contribution in [3.05, 3.63) is 58.5 Å². The van der Waals surface area contributed by atoms with Crippen molar-refractivity contribution < 1.29 is 23.8 Å². The van der Waals surface area contributed by atoms with Gasteiger partial charge >= 0.3 is 5.97 Å². The van der Waals surface area contributed by atoms with Crippen molar-refractivity contribution in [3.63, 3.8) is 0 Å². The minimum absolute atomic E-state index is 0.391. The average molecular weight is 426 g/mol.